The lowest BCUT2D eigenvalue weighted by Gasteiger charge is -2.30. The van der Waals surface area contributed by atoms with Gasteiger partial charge >= 0.3 is 11.9 Å². The number of ether oxygens (including phenoxy) is 2. The second kappa shape index (κ2) is 9.88. The number of nitrogens with zero attached hydrogens (tertiary/aromatic N) is 1. The van der Waals surface area contributed by atoms with Gasteiger partial charge < -0.3 is 19.2 Å². The molecule has 1 atom stereocenters. The number of esters is 2. The van der Waals surface area contributed by atoms with E-state index in [1.54, 1.807) is 13.8 Å². The summed E-state index contributed by atoms with van der Waals surface area (Å²) in [7, 11) is -3.93. The van der Waals surface area contributed by atoms with Gasteiger partial charge in [-0.1, -0.05) is 0 Å². The third-order valence-electron chi connectivity index (χ3n) is 4.48. The van der Waals surface area contributed by atoms with Gasteiger partial charge in [-0.2, -0.15) is 4.31 Å². The highest BCUT2D eigenvalue weighted by Crippen LogP contribution is 2.25. The average Bonchev–Trinajstić information content (AvgIpc) is 3.19. The first-order valence-corrected chi connectivity index (χ1v) is 10.9. The molecule has 2 heterocycles. The van der Waals surface area contributed by atoms with Gasteiger partial charge in [0, 0.05) is 19.0 Å². The zero-order valence-corrected chi connectivity index (χ0v) is 17.5. The monoisotopic (exact) mass is 430 g/mol. The standard InChI is InChI=1S/C18H26N2O8S/c1-4-26-17(22)12(3)19-16(21)13-8-10-20(11-9-13)29(24,25)15-7-6-14(28-15)18(23)27-5-2/h6-7,12-13H,4-5,8-11H2,1-3H3,(H,19,21). The van der Waals surface area contributed by atoms with Gasteiger partial charge in [-0.3, -0.25) is 4.79 Å². The minimum absolute atomic E-state index is 0.115. The third-order valence-corrected chi connectivity index (χ3v) is 6.25. The van der Waals surface area contributed by atoms with E-state index in [9.17, 15) is 22.8 Å². The molecule has 1 saturated heterocycles. The van der Waals surface area contributed by atoms with E-state index in [1.165, 1.54) is 23.4 Å². The smallest absolute Gasteiger partial charge is 0.374 e. The molecule has 29 heavy (non-hydrogen) atoms. The van der Waals surface area contributed by atoms with Crippen molar-refractivity contribution >= 4 is 27.9 Å². The summed E-state index contributed by atoms with van der Waals surface area (Å²) in [5.74, 6) is -2.17. The van der Waals surface area contributed by atoms with E-state index in [4.69, 9.17) is 13.9 Å². The molecule has 0 radical (unpaired) electrons. The number of carbonyl (C=O) groups is 3. The zero-order chi connectivity index (χ0) is 21.6. The molecule has 1 aliphatic rings. The molecule has 0 spiro atoms. The van der Waals surface area contributed by atoms with Crippen molar-refractivity contribution in [3.63, 3.8) is 0 Å². The molecule has 1 aromatic rings. The normalized spacial score (nSPS) is 16.8. The Morgan fingerprint density at radius 2 is 1.79 bits per heavy atom. The predicted octanol–water partition coefficient (Wildman–Crippen LogP) is 0.925. The summed E-state index contributed by atoms with van der Waals surface area (Å²) in [6.45, 7) is 5.44. The largest absolute Gasteiger partial charge is 0.464 e. The summed E-state index contributed by atoms with van der Waals surface area (Å²) < 4.78 is 41.4. The van der Waals surface area contributed by atoms with E-state index in [0.717, 1.165) is 0 Å². The molecular weight excluding hydrogens is 404 g/mol. The van der Waals surface area contributed by atoms with Gasteiger partial charge in [0.2, 0.25) is 16.8 Å². The molecular formula is C18H26N2O8S. The number of furan rings is 1. The van der Waals surface area contributed by atoms with Crippen LogP contribution < -0.4 is 5.32 Å². The van der Waals surface area contributed by atoms with Crippen molar-refractivity contribution < 1.29 is 36.7 Å². The van der Waals surface area contributed by atoms with Gasteiger partial charge in [-0.15, -0.1) is 0 Å². The van der Waals surface area contributed by atoms with Gasteiger partial charge in [-0.25, -0.2) is 18.0 Å². The molecule has 0 aliphatic carbocycles. The van der Waals surface area contributed by atoms with Crippen molar-refractivity contribution in [2.75, 3.05) is 26.3 Å². The van der Waals surface area contributed by atoms with Crippen LogP contribution in [0.15, 0.2) is 21.6 Å². The number of hydrogen-bond acceptors (Lipinski definition) is 8. The Kier molecular flexibility index (Phi) is 7.80. The van der Waals surface area contributed by atoms with Crippen molar-refractivity contribution in [3.8, 4) is 0 Å². The van der Waals surface area contributed by atoms with Crippen molar-refractivity contribution in [2.24, 2.45) is 5.92 Å². The molecule has 1 amide bonds. The fourth-order valence-corrected chi connectivity index (χ4v) is 4.29. The van der Waals surface area contributed by atoms with Crippen LogP contribution in [0.2, 0.25) is 0 Å². The van der Waals surface area contributed by atoms with Crippen LogP contribution in [0.5, 0.6) is 0 Å². The number of carbonyl (C=O) groups excluding carboxylic acids is 3. The second-order valence-electron chi connectivity index (χ2n) is 6.50. The van der Waals surface area contributed by atoms with Crippen LogP contribution in [0, 0.1) is 5.92 Å². The first kappa shape index (κ1) is 22.9. The van der Waals surface area contributed by atoms with Gasteiger partial charge in [-0.05, 0) is 45.7 Å². The van der Waals surface area contributed by atoms with Crippen molar-refractivity contribution in [1.29, 1.82) is 0 Å². The summed E-state index contributed by atoms with van der Waals surface area (Å²) >= 11 is 0. The van der Waals surface area contributed by atoms with Crippen LogP contribution in [0.3, 0.4) is 0 Å². The Morgan fingerprint density at radius 1 is 1.17 bits per heavy atom. The molecule has 10 nitrogen and oxygen atoms in total. The van der Waals surface area contributed by atoms with Crippen molar-refractivity contribution in [2.45, 2.75) is 44.7 Å². The molecule has 1 fully saturated rings. The van der Waals surface area contributed by atoms with Crippen LogP contribution in [0.1, 0.15) is 44.2 Å². The summed E-state index contributed by atoms with van der Waals surface area (Å²) in [4.78, 5) is 35.6. The minimum Gasteiger partial charge on any atom is -0.464 e. The van der Waals surface area contributed by atoms with Crippen molar-refractivity contribution in [1.82, 2.24) is 9.62 Å². The van der Waals surface area contributed by atoms with E-state index in [2.05, 4.69) is 5.32 Å². The summed E-state index contributed by atoms with van der Waals surface area (Å²) in [6, 6.07) is 1.69. The fourth-order valence-electron chi connectivity index (χ4n) is 2.91. The Bertz CT molecular complexity index is 840. The predicted molar refractivity (Wildman–Crippen MR) is 100 cm³/mol. The lowest BCUT2D eigenvalue weighted by Crippen LogP contribution is -2.46. The van der Waals surface area contributed by atoms with Gasteiger partial charge in [0.05, 0.1) is 13.2 Å². The molecule has 1 N–H and O–H groups in total. The number of rotatable bonds is 8. The van der Waals surface area contributed by atoms with Gasteiger partial charge in [0.25, 0.3) is 10.0 Å². The fraction of sp³-hybridized carbons (Fsp3) is 0.611. The highest BCUT2D eigenvalue weighted by Gasteiger charge is 2.35. The number of amides is 1. The van der Waals surface area contributed by atoms with Crippen LogP contribution in [0.4, 0.5) is 0 Å². The summed E-state index contributed by atoms with van der Waals surface area (Å²) in [5.41, 5.74) is 0. The van der Waals surface area contributed by atoms with E-state index >= 15 is 0 Å². The first-order chi connectivity index (χ1) is 13.7. The molecule has 1 unspecified atom stereocenters. The molecule has 2 rings (SSSR count). The van der Waals surface area contributed by atoms with Crippen LogP contribution in [0.25, 0.3) is 0 Å². The molecule has 0 saturated carbocycles. The Hall–Kier alpha value is -2.40. The van der Waals surface area contributed by atoms with E-state index in [-0.39, 0.29) is 43.1 Å². The maximum absolute atomic E-state index is 12.7. The number of piperidine rings is 1. The average molecular weight is 430 g/mol. The molecule has 1 aromatic heterocycles. The molecule has 1 aliphatic heterocycles. The summed E-state index contributed by atoms with van der Waals surface area (Å²) in [5, 5.41) is 2.25. The Balaban J connectivity index is 1.95. The van der Waals surface area contributed by atoms with E-state index < -0.39 is 33.9 Å². The number of hydrogen-bond donors (Lipinski definition) is 1. The maximum atomic E-state index is 12.7. The number of nitrogens with one attached hydrogen (secondary N) is 1. The van der Waals surface area contributed by atoms with Gasteiger partial charge in [0.15, 0.2) is 0 Å². The lowest BCUT2D eigenvalue weighted by atomic mass is 9.97. The first-order valence-electron chi connectivity index (χ1n) is 9.44. The highest BCUT2D eigenvalue weighted by atomic mass is 32.2. The molecule has 162 valence electrons. The van der Waals surface area contributed by atoms with Crippen LogP contribution in [-0.4, -0.2) is 62.9 Å². The topological polar surface area (TPSA) is 132 Å². The Morgan fingerprint density at radius 3 is 2.38 bits per heavy atom. The molecule has 0 aromatic carbocycles. The second-order valence-corrected chi connectivity index (χ2v) is 8.37. The van der Waals surface area contributed by atoms with E-state index in [1.807, 2.05) is 0 Å². The SMILES string of the molecule is CCOC(=O)c1ccc(S(=O)(=O)N2CCC(C(=O)NC(C)C(=O)OCC)CC2)o1. The Labute approximate surface area is 169 Å². The molecule has 0 bridgehead atoms. The lowest BCUT2D eigenvalue weighted by molar-refractivity contribution is -0.147. The molecule has 11 heteroatoms. The minimum atomic E-state index is -3.93. The number of sulfonamides is 1. The van der Waals surface area contributed by atoms with Gasteiger partial charge in [0.1, 0.15) is 6.04 Å². The van der Waals surface area contributed by atoms with Crippen LogP contribution >= 0.6 is 0 Å². The zero-order valence-electron chi connectivity index (χ0n) is 16.7. The van der Waals surface area contributed by atoms with Crippen LogP contribution in [-0.2, 0) is 29.1 Å². The quantitative estimate of drug-likeness (QED) is 0.602. The maximum Gasteiger partial charge on any atom is 0.374 e. The summed E-state index contributed by atoms with van der Waals surface area (Å²) in [6.07, 6.45) is 0.595. The highest BCUT2D eigenvalue weighted by molar-refractivity contribution is 7.89. The third kappa shape index (κ3) is 5.57. The van der Waals surface area contributed by atoms with Crippen molar-refractivity contribution in [3.05, 3.63) is 17.9 Å². The van der Waals surface area contributed by atoms with E-state index in [0.29, 0.717) is 12.8 Å².